The van der Waals surface area contributed by atoms with Crippen LogP contribution in [0.15, 0.2) is 24.3 Å². The highest BCUT2D eigenvalue weighted by atomic mass is 32.1. The van der Waals surface area contributed by atoms with Gasteiger partial charge in [-0.3, -0.25) is 9.59 Å². The van der Waals surface area contributed by atoms with Crippen LogP contribution >= 0.6 is 11.3 Å². The van der Waals surface area contributed by atoms with Crippen LogP contribution in [0, 0.1) is 5.41 Å². The highest BCUT2D eigenvalue weighted by Gasteiger charge is 2.34. The molecule has 1 aromatic heterocycles. The molecule has 0 spiro atoms. The minimum Gasteiger partial charge on any atom is -0.497 e. The first-order valence-corrected chi connectivity index (χ1v) is 9.77. The van der Waals surface area contributed by atoms with E-state index in [1.54, 1.807) is 7.11 Å². The highest BCUT2D eigenvalue weighted by molar-refractivity contribution is 7.17. The number of ether oxygens (including phenoxy) is 2. The molecule has 1 heterocycles. The Balaban J connectivity index is 1.45. The van der Waals surface area contributed by atoms with Crippen LogP contribution in [-0.4, -0.2) is 30.4 Å². The van der Waals surface area contributed by atoms with Gasteiger partial charge in [0, 0.05) is 12.8 Å². The van der Waals surface area contributed by atoms with Crippen LogP contribution in [0.25, 0.3) is 0 Å². The summed E-state index contributed by atoms with van der Waals surface area (Å²) in [4.78, 5) is 29.5. The molecule has 3 rings (SSSR count). The molecule has 1 aliphatic rings. The summed E-state index contributed by atoms with van der Waals surface area (Å²) in [6, 6.07) is 7.32. The Labute approximate surface area is 162 Å². The van der Waals surface area contributed by atoms with Crippen molar-refractivity contribution in [3.8, 4) is 11.5 Å². The molecular weight excluding hydrogens is 364 g/mol. The lowest BCUT2D eigenvalue weighted by atomic mass is 9.78. The molecule has 0 unspecified atom stereocenters. The number of fused-ring (bicyclic) bond motifs is 1. The molecule has 1 amide bonds. The maximum absolute atomic E-state index is 12.2. The summed E-state index contributed by atoms with van der Waals surface area (Å²) in [5, 5.41) is 3.31. The van der Waals surface area contributed by atoms with Crippen molar-refractivity contribution in [3.63, 3.8) is 0 Å². The molecule has 0 saturated heterocycles. The van der Waals surface area contributed by atoms with Gasteiger partial charge in [0.2, 0.25) is 5.91 Å². The summed E-state index contributed by atoms with van der Waals surface area (Å²) in [7, 11) is 1.62. The van der Waals surface area contributed by atoms with Gasteiger partial charge in [-0.2, -0.15) is 0 Å². The van der Waals surface area contributed by atoms with Gasteiger partial charge in [0.05, 0.1) is 24.3 Å². The van der Waals surface area contributed by atoms with Crippen LogP contribution in [0.4, 0.5) is 5.13 Å². The molecule has 0 atom stereocenters. The van der Waals surface area contributed by atoms with Crippen molar-refractivity contribution in [2.45, 2.75) is 39.5 Å². The lowest BCUT2D eigenvalue weighted by molar-refractivity contribution is -0.116. The van der Waals surface area contributed by atoms with Crippen LogP contribution in [0.5, 0.6) is 11.5 Å². The lowest BCUT2D eigenvalue weighted by Crippen LogP contribution is -2.26. The quantitative estimate of drug-likeness (QED) is 0.723. The number of carbonyl (C=O) groups is 2. The van der Waals surface area contributed by atoms with Crippen LogP contribution in [0.2, 0.25) is 0 Å². The van der Waals surface area contributed by atoms with Crippen LogP contribution < -0.4 is 14.8 Å². The minimum atomic E-state index is -0.119. The number of nitrogens with zero attached hydrogens (tertiary/aromatic N) is 1. The molecule has 0 aliphatic heterocycles. The van der Waals surface area contributed by atoms with E-state index in [1.165, 1.54) is 11.3 Å². The topological polar surface area (TPSA) is 77.5 Å². The van der Waals surface area contributed by atoms with E-state index in [-0.39, 0.29) is 17.1 Å². The predicted octanol–water partition coefficient (Wildman–Crippen LogP) is 4.10. The number of ketones is 1. The van der Waals surface area contributed by atoms with Gasteiger partial charge in [-0.05, 0) is 42.5 Å². The zero-order valence-electron chi connectivity index (χ0n) is 15.8. The summed E-state index contributed by atoms with van der Waals surface area (Å²) in [6.07, 6.45) is 2.21. The molecule has 0 bridgehead atoms. The molecule has 27 heavy (non-hydrogen) atoms. The maximum Gasteiger partial charge on any atom is 0.226 e. The number of hydrogen-bond acceptors (Lipinski definition) is 6. The van der Waals surface area contributed by atoms with Crippen LogP contribution in [0.1, 0.15) is 48.5 Å². The number of hydrogen-bond donors (Lipinski definition) is 1. The molecule has 144 valence electrons. The van der Waals surface area contributed by atoms with Gasteiger partial charge in [-0.1, -0.05) is 25.2 Å². The Kier molecular flexibility index (Phi) is 5.79. The number of methoxy groups -OCH3 is 1. The number of amides is 1. The smallest absolute Gasteiger partial charge is 0.226 e. The zero-order valence-corrected chi connectivity index (χ0v) is 16.6. The molecule has 0 fully saturated rings. The molecular formula is C20H24N2O4S. The zero-order chi connectivity index (χ0) is 19.4. The van der Waals surface area contributed by atoms with Crippen molar-refractivity contribution >= 4 is 28.2 Å². The second-order valence-corrected chi connectivity index (χ2v) is 8.41. The third-order valence-corrected chi connectivity index (χ3v) is 5.41. The summed E-state index contributed by atoms with van der Waals surface area (Å²) >= 11 is 1.28. The van der Waals surface area contributed by atoms with Gasteiger partial charge in [0.1, 0.15) is 11.5 Å². The van der Waals surface area contributed by atoms with E-state index in [2.05, 4.69) is 24.1 Å². The fourth-order valence-corrected chi connectivity index (χ4v) is 3.99. The third kappa shape index (κ3) is 5.07. The fourth-order valence-electron chi connectivity index (χ4n) is 3.05. The number of nitrogens with one attached hydrogen (secondary N) is 1. The van der Waals surface area contributed by atoms with Crippen molar-refractivity contribution < 1.29 is 19.1 Å². The SMILES string of the molecule is COc1ccc(OCCCC(=O)Nc2nc3c(s2)C(=O)CC(C)(C)C3)cc1. The van der Waals surface area contributed by atoms with Crippen LogP contribution in [0.3, 0.4) is 0 Å². The molecule has 7 heteroatoms. The highest BCUT2D eigenvalue weighted by Crippen LogP contribution is 2.38. The molecule has 1 aromatic carbocycles. The molecule has 1 aliphatic carbocycles. The predicted molar refractivity (Wildman–Crippen MR) is 105 cm³/mol. The van der Waals surface area contributed by atoms with Gasteiger partial charge in [-0.15, -0.1) is 0 Å². The third-order valence-electron chi connectivity index (χ3n) is 4.36. The van der Waals surface area contributed by atoms with Crippen LogP contribution in [-0.2, 0) is 11.2 Å². The van der Waals surface area contributed by atoms with Crippen molar-refractivity contribution in [2.75, 3.05) is 19.0 Å². The monoisotopic (exact) mass is 388 g/mol. The second kappa shape index (κ2) is 8.08. The molecule has 0 radical (unpaired) electrons. The Hall–Kier alpha value is -2.41. The van der Waals surface area contributed by atoms with E-state index < -0.39 is 0 Å². The van der Waals surface area contributed by atoms with E-state index in [0.29, 0.717) is 35.9 Å². The maximum atomic E-state index is 12.2. The average molecular weight is 388 g/mol. The Morgan fingerprint density at radius 2 is 1.93 bits per heavy atom. The number of thiazole rings is 1. The summed E-state index contributed by atoms with van der Waals surface area (Å²) in [6.45, 7) is 4.57. The minimum absolute atomic E-state index is 0.0712. The normalized spacial score (nSPS) is 15.1. The lowest BCUT2D eigenvalue weighted by Gasteiger charge is -2.26. The van der Waals surface area contributed by atoms with E-state index >= 15 is 0 Å². The first kappa shape index (κ1) is 19.4. The largest absolute Gasteiger partial charge is 0.497 e. The van der Waals surface area contributed by atoms with E-state index in [0.717, 1.165) is 23.6 Å². The van der Waals surface area contributed by atoms with E-state index in [9.17, 15) is 9.59 Å². The molecule has 6 nitrogen and oxygen atoms in total. The number of aromatic nitrogens is 1. The van der Waals surface area contributed by atoms with Gasteiger partial charge in [-0.25, -0.2) is 4.98 Å². The Bertz CT molecular complexity index is 827. The number of benzene rings is 1. The van der Waals surface area contributed by atoms with Crippen molar-refractivity contribution in [1.29, 1.82) is 0 Å². The summed E-state index contributed by atoms with van der Waals surface area (Å²) in [5.74, 6) is 1.51. The fraction of sp³-hybridized carbons (Fsp3) is 0.450. The second-order valence-electron chi connectivity index (χ2n) is 7.41. The number of anilines is 1. The standard InChI is InChI=1S/C20H24N2O4S/c1-20(2)11-15-18(16(23)12-20)27-19(21-15)22-17(24)5-4-10-26-14-8-6-13(25-3)7-9-14/h6-9H,4-5,10-12H2,1-3H3,(H,21,22,24). The van der Waals surface area contributed by atoms with Gasteiger partial charge in [0.25, 0.3) is 0 Å². The molecule has 1 N–H and O–H groups in total. The van der Waals surface area contributed by atoms with Crippen molar-refractivity contribution in [2.24, 2.45) is 5.41 Å². The number of Topliss-reactive ketones (excluding diaryl/α,β-unsaturated/α-hetero) is 1. The number of rotatable bonds is 7. The van der Waals surface area contributed by atoms with Crippen molar-refractivity contribution in [1.82, 2.24) is 4.98 Å². The first-order chi connectivity index (χ1) is 12.9. The Morgan fingerprint density at radius 3 is 2.63 bits per heavy atom. The first-order valence-electron chi connectivity index (χ1n) is 8.96. The van der Waals surface area contributed by atoms with Gasteiger partial charge < -0.3 is 14.8 Å². The molecule has 0 saturated carbocycles. The van der Waals surface area contributed by atoms with Gasteiger partial charge >= 0.3 is 0 Å². The van der Waals surface area contributed by atoms with E-state index in [4.69, 9.17) is 9.47 Å². The van der Waals surface area contributed by atoms with E-state index in [1.807, 2.05) is 24.3 Å². The summed E-state index contributed by atoms with van der Waals surface area (Å²) < 4.78 is 10.7. The summed E-state index contributed by atoms with van der Waals surface area (Å²) in [5.41, 5.74) is 0.734. The number of carbonyl (C=O) groups excluding carboxylic acids is 2. The average Bonchev–Trinajstić information content (AvgIpc) is 3.00. The van der Waals surface area contributed by atoms with Gasteiger partial charge in [0.15, 0.2) is 10.9 Å². The Morgan fingerprint density at radius 1 is 1.22 bits per heavy atom. The molecule has 2 aromatic rings. The van der Waals surface area contributed by atoms with Crippen molar-refractivity contribution in [3.05, 3.63) is 34.8 Å².